The van der Waals surface area contributed by atoms with Gasteiger partial charge in [0.05, 0.1) is 10.6 Å². The van der Waals surface area contributed by atoms with Gasteiger partial charge in [-0.05, 0) is 79.9 Å². The van der Waals surface area contributed by atoms with Gasteiger partial charge >= 0.3 is 0 Å². The molecule has 0 spiro atoms. The minimum Gasteiger partial charge on any atom is -0.354 e. The van der Waals surface area contributed by atoms with E-state index in [9.17, 15) is 22.4 Å². The van der Waals surface area contributed by atoms with Crippen LogP contribution in [0, 0.1) is 12.7 Å². The highest BCUT2D eigenvalue weighted by atomic mass is 35.5. The van der Waals surface area contributed by atoms with Crippen molar-refractivity contribution in [3.63, 3.8) is 0 Å². The standard InChI is InChI=1S/C29H33ClFN3O4S/c1-4-5-17-32-29(36)22(3)33(19-23-9-13-25(31)14-10-23)28(35)20-34(26-8-6-7-21(2)18-26)39(37,38)27-15-11-24(30)12-16-27/h6-16,18,22H,4-5,17,19-20H2,1-3H3,(H,32,36). The topological polar surface area (TPSA) is 86.8 Å². The molecule has 1 N–H and O–H groups in total. The van der Waals surface area contributed by atoms with Crippen molar-refractivity contribution in [1.82, 2.24) is 10.2 Å². The summed E-state index contributed by atoms with van der Waals surface area (Å²) in [5, 5.41) is 3.21. The maximum absolute atomic E-state index is 13.8. The number of hydrogen-bond acceptors (Lipinski definition) is 4. The SMILES string of the molecule is CCCCNC(=O)C(C)N(Cc1ccc(F)cc1)C(=O)CN(c1cccc(C)c1)S(=O)(=O)c1ccc(Cl)cc1. The van der Waals surface area contributed by atoms with Crippen LogP contribution < -0.4 is 9.62 Å². The number of unbranched alkanes of at least 4 members (excludes halogenated alkanes) is 1. The molecule has 208 valence electrons. The molecule has 39 heavy (non-hydrogen) atoms. The number of nitrogens with one attached hydrogen (secondary N) is 1. The van der Waals surface area contributed by atoms with Crippen LogP contribution >= 0.6 is 11.6 Å². The zero-order valence-electron chi connectivity index (χ0n) is 22.2. The second-order valence-corrected chi connectivity index (χ2v) is 11.6. The maximum atomic E-state index is 13.8. The molecule has 0 heterocycles. The van der Waals surface area contributed by atoms with Gasteiger partial charge in [0.2, 0.25) is 11.8 Å². The zero-order valence-corrected chi connectivity index (χ0v) is 23.8. The van der Waals surface area contributed by atoms with E-state index in [1.165, 1.54) is 53.4 Å². The molecule has 0 aliphatic carbocycles. The second kappa shape index (κ2) is 13.6. The Morgan fingerprint density at radius 2 is 1.69 bits per heavy atom. The molecule has 3 rings (SSSR count). The molecule has 0 bridgehead atoms. The average molecular weight is 574 g/mol. The van der Waals surface area contributed by atoms with Crippen LogP contribution in [0.5, 0.6) is 0 Å². The summed E-state index contributed by atoms with van der Waals surface area (Å²) in [5.41, 5.74) is 1.71. The monoisotopic (exact) mass is 573 g/mol. The van der Waals surface area contributed by atoms with E-state index in [4.69, 9.17) is 11.6 Å². The molecular weight excluding hydrogens is 541 g/mol. The number of benzene rings is 3. The van der Waals surface area contributed by atoms with Crippen LogP contribution in [-0.4, -0.2) is 44.3 Å². The minimum absolute atomic E-state index is 0.00979. The number of rotatable bonds is 12. The van der Waals surface area contributed by atoms with E-state index in [0.717, 1.165) is 22.7 Å². The Morgan fingerprint density at radius 1 is 1.03 bits per heavy atom. The van der Waals surface area contributed by atoms with Crippen molar-refractivity contribution in [2.45, 2.75) is 51.1 Å². The van der Waals surface area contributed by atoms with Crippen LogP contribution in [-0.2, 0) is 26.2 Å². The lowest BCUT2D eigenvalue weighted by molar-refractivity contribution is -0.139. The van der Waals surface area contributed by atoms with Gasteiger partial charge in [0.15, 0.2) is 0 Å². The van der Waals surface area contributed by atoms with Gasteiger partial charge in [-0.3, -0.25) is 13.9 Å². The third-order valence-corrected chi connectivity index (χ3v) is 8.27. The molecule has 1 atom stereocenters. The number of anilines is 1. The summed E-state index contributed by atoms with van der Waals surface area (Å²) < 4.78 is 42.1. The van der Waals surface area contributed by atoms with Gasteiger partial charge in [-0.1, -0.05) is 49.2 Å². The molecule has 1 unspecified atom stereocenters. The number of carbonyl (C=O) groups excluding carboxylic acids is 2. The Balaban J connectivity index is 1.99. The van der Waals surface area contributed by atoms with Crippen molar-refractivity contribution >= 4 is 39.1 Å². The minimum atomic E-state index is -4.18. The number of amides is 2. The third kappa shape index (κ3) is 8.03. The summed E-state index contributed by atoms with van der Waals surface area (Å²) >= 11 is 5.97. The van der Waals surface area contributed by atoms with Crippen molar-refractivity contribution in [3.05, 3.63) is 94.8 Å². The first-order chi connectivity index (χ1) is 18.5. The quantitative estimate of drug-likeness (QED) is 0.297. The first kappa shape index (κ1) is 30.1. The van der Waals surface area contributed by atoms with E-state index >= 15 is 0 Å². The fraction of sp³-hybridized carbons (Fsp3) is 0.310. The smallest absolute Gasteiger partial charge is 0.264 e. The maximum Gasteiger partial charge on any atom is 0.264 e. The largest absolute Gasteiger partial charge is 0.354 e. The fourth-order valence-electron chi connectivity index (χ4n) is 3.95. The Hall–Kier alpha value is -3.43. The molecule has 0 aliphatic rings. The molecule has 0 aliphatic heterocycles. The molecule has 0 radical (unpaired) electrons. The first-order valence-electron chi connectivity index (χ1n) is 12.7. The summed E-state index contributed by atoms with van der Waals surface area (Å²) in [6.07, 6.45) is 1.67. The average Bonchev–Trinajstić information content (AvgIpc) is 2.91. The molecular formula is C29H33ClFN3O4S. The molecule has 10 heteroatoms. The fourth-order valence-corrected chi connectivity index (χ4v) is 5.48. The van der Waals surface area contributed by atoms with Crippen molar-refractivity contribution in [2.24, 2.45) is 0 Å². The number of hydrogen-bond donors (Lipinski definition) is 1. The lowest BCUT2D eigenvalue weighted by atomic mass is 10.1. The first-order valence-corrected chi connectivity index (χ1v) is 14.5. The molecule has 0 saturated carbocycles. The van der Waals surface area contributed by atoms with Crippen molar-refractivity contribution in [2.75, 3.05) is 17.4 Å². The van der Waals surface area contributed by atoms with Gasteiger partial charge in [-0.25, -0.2) is 12.8 Å². The Kier molecular flexibility index (Phi) is 10.5. The van der Waals surface area contributed by atoms with E-state index < -0.39 is 34.3 Å². The molecule has 0 saturated heterocycles. The molecule has 2 amide bonds. The van der Waals surface area contributed by atoms with Gasteiger partial charge in [0, 0.05) is 18.1 Å². The highest BCUT2D eigenvalue weighted by Gasteiger charge is 2.32. The highest BCUT2D eigenvalue weighted by Crippen LogP contribution is 2.26. The van der Waals surface area contributed by atoms with Crippen LogP contribution in [0.3, 0.4) is 0 Å². The number of halogens is 2. The molecule has 0 aromatic heterocycles. The van der Waals surface area contributed by atoms with E-state index in [1.54, 1.807) is 25.1 Å². The zero-order chi connectivity index (χ0) is 28.6. The van der Waals surface area contributed by atoms with Gasteiger partial charge in [0.25, 0.3) is 10.0 Å². The predicted octanol–water partition coefficient (Wildman–Crippen LogP) is 5.32. The molecule has 3 aromatic rings. The van der Waals surface area contributed by atoms with E-state index in [1.807, 2.05) is 19.9 Å². The second-order valence-electron chi connectivity index (χ2n) is 9.27. The Bertz CT molecular complexity index is 1380. The van der Waals surface area contributed by atoms with Crippen LogP contribution in [0.25, 0.3) is 0 Å². The number of sulfonamides is 1. The molecule has 0 fully saturated rings. The van der Waals surface area contributed by atoms with E-state index in [-0.39, 0.29) is 17.3 Å². The van der Waals surface area contributed by atoms with Crippen LogP contribution in [0.2, 0.25) is 5.02 Å². The van der Waals surface area contributed by atoms with Gasteiger partial charge in [-0.2, -0.15) is 0 Å². The predicted molar refractivity (Wildman–Crippen MR) is 151 cm³/mol. The van der Waals surface area contributed by atoms with Gasteiger partial charge in [-0.15, -0.1) is 0 Å². The summed E-state index contributed by atoms with van der Waals surface area (Å²) in [6.45, 7) is 5.31. The van der Waals surface area contributed by atoms with Crippen LogP contribution in [0.1, 0.15) is 37.8 Å². The Labute approximate surface area is 234 Å². The van der Waals surface area contributed by atoms with Crippen molar-refractivity contribution < 1.29 is 22.4 Å². The molecule has 7 nitrogen and oxygen atoms in total. The highest BCUT2D eigenvalue weighted by molar-refractivity contribution is 7.92. The van der Waals surface area contributed by atoms with Crippen molar-refractivity contribution in [1.29, 1.82) is 0 Å². The third-order valence-electron chi connectivity index (χ3n) is 6.23. The summed E-state index contributed by atoms with van der Waals surface area (Å²) in [5.74, 6) is -1.38. The van der Waals surface area contributed by atoms with Crippen molar-refractivity contribution in [3.8, 4) is 0 Å². The van der Waals surface area contributed by atoms with E-state index in [0.29, 0.717) is 22.8 Å². The van der Waals surface area contributed by atoms with Crippen LogP contribution in [0.4, 0.5) is 10.1 Å². The lowest BCUT2D eigenvalue weighted by Crippen LogP contribution is -2.51. The van der Waals surface area contributed by atoms with Crippen LogP contribution in [0.15, 0.2) is 77.7 Å². The van der Waals surface area contributed by atoms with Gasteiger partial charge in [0.1, 0.15) is 18.4 Å². The van der Waals surface area contributed by atoms with Gasteiger partial charge < -0.3 is 10.2 Å². The molecule has 3 aromatic carbocycles. The lowest BCUT2D eigenvalue weighted by Gasteiger charge is -2.32. The summed E-state index contributed by atoms with van der Waals surface area (Å²) in [6, 6.07) is 17.2. The Morgan fingerprint density at radius 3 is 2.31 bits per heavy atom. The summed E-state index contributed by atoms with van der Waals surface area (Å²) in [4.78, 5) is 28.1. The summed E-state index contributed by atoms with van der Waals surface area (Å²) in [7, 11) is -4.18. The number of aryl methyl sites for hydroxylation is 1. The normalized spacial score (nSPS) is 12.0. The number of carbonyl (C=O) groups is 2. The van der Waals surface area contributed by atoms with E-state index in [2.05, 4.69) is 5.32 Å². The number of nitrogens with zero attached hydrogens (tertiary/aromatic N) is 2.